The number of anilines is 1. The van der Waals surface area contributed by atoms with Gasteiger partial charge in [0.1, 0.15) is 11.5 Å². The van der Waals surface area contributed by atoms with Crippen molar-refractivity contribution in [3.05, 3.63) is 64.9 Å². The highest BCUT2D eigenvalue weighted by atomic mass is 16.5. The molecule has 1 heterocycles. The summed E-state index contributed by atoms with van der Waals surface area (Å²) in [7, 11) is 3.12. The number of Topliss-reactive ketones (excluding diaryl/α,β-unsaturated/α-hetero) is 1. The average Bonchev–Trinajstić information content (AvgIpc) is 2.77. The smallest absolute Gasteiger partial charge is 0.335 e. The van der Waals surface area contributed by atoms with Gasteiger partial charge in [0.05, 0.1) is 19.8 Å². The zero-order valence-electron chi connectivity index (χ0n) is 19.2. The van der Waals surface area contributed by atoms with Crippen LogP contribution in [0.15, 0.2) is 53.7 Å². The minimum absolute atomic E-state index is 0.0174. The van der Waals surface area contributed by atoms with Gasteiger partial charge in [-0.05, 0) is 42.2 Å². The number of nitrogens with zero attached hydrogens (tertiary/aromatic N) is 1. The van der Waals surface area contributed by atoms with Gasteiger partial charge in [0.15, 0.2) is 5.78 Å². The third kappa shape index (κ3) is 4.11. The molecule has 1 aliphatic carbocycles. The van der Waals surface area contributed by atoms with E-state index in [1.54, 1.807) is 43.4 Å². The van der Waals surface area contributed by atoms with Gasteiger partial charge in [-0.1, -0.05) is 19.9 Å². The van der Waals surface area contributed by atoms with Crippen LogP contribution in [0.4, 0.5) is 5.69 Å². The number of ketones is 1. The fourth-order valence-electron chi connectivity index (χ4n) is 4.84. The lowest BCUT2D eigenvalue weighted by atomic mass is 9.69. The van der Waals surface area contributed by atoms with E-state index in [0.29, 0.717) is 41.3 Å². The highest BCUT2D eigenvalue weighted by Gasteiger charge is 2.45. The molecule has 0 fully saturated rings. The molecule has 7 heteroatoms. The molecule has 2 aromatic carbocycles. The molecule has 1 unspecified atom stereocenters. The van der Waals surface area contributed by atoms with Crippen molar-refractivity contribution >= 4 is 23.3 Å². The standard InChI is InChI=1S/C26H27NO6/c1-26(2)13-20-24(21(28)14-26)19(18-10-9-17(32-3)11-22(18)33-4)12-23(29)27(20)16-7-5-15(6-8-16)25(30)31/h5-11,19H,12-14H2,1-4H3,(H,30,31). The number of carboxylic acids is 1. The first-order valence-electron chi connectivity index (χ1n) is 10.8. The van der Waals surface area contributed by atoms with Crippen LogP contribution in [0.5, 0.6) is 11.5 Å². The molecule has 0 radical (unpaired) electrons. The second kappa shape index (κ2) is 8.39. The normalized spacial score (nSPS) is 19.9. The summed E-state index contributed by atoms with van der Waals surface area (Å²) in [6.45, 7) is 4.03. The molecule has 7 nitrogen and oxygen atoms in total. The quantitative estimate of drug-likeness (QED) is 0.719. The second-order valence-electron chi connectivity index (χ2n) is 9.25. The molecule has 0 bridgehead atoms. The Morgan fingerprint density at radius 2 is 1.73 bits per heavy atom. The third-order valence-electron chi connectivity index (χ3n) is 6.33. The largest absolute Gasteiger partial charge is 0.497 e. The summed E-state index contributed by atoms with van der Waals surface area (Å²) in [5.41, 5.74) is 2.47. The molecular formula is C26H27NO6. The molecule has 33 heavy (non-hydrogen) atoms. The number of hydrogen-bond donors (Lipinski definition) is 1. The first-order chi connectivity index (χ1) is 15.6. The fourth-order valence-corrected chi connectivity index (χ4v) is 4.84. The number of carboxylic acid groups (broad SMARTS) is 1. The summed E-state index contributed by atoms with van der Waals surface area (Å²) in [4.78, 5) is 39.8. The van der Waals surface area contributed by atoms with Crippen LogP contribution >= 0.6 is 0 Å². The van der Waals surface area contributed by atoms with Gasteiger partial charge in [-0.15, -0.1) is 0 Å². The van der Waals surface area contributed by atoms with Crippen LogP contribution in [0, 0.1) is 5.41 Å². The summed E-state index contributed by atoms with van der Waals surface area (Å²) < 4.78 is 10.9. The molecule has 172 valence electrons. The summed E-state index contributed by atoms with van der Waals surface area (Å²) in [5.74, 6) is -0.397. The SMILES string of the molecule is COc1ccc(C2CC(=O)N(c3ccc(C(=O)O)cc3)C3=C2C(=O)CC(C)(C)C3)c(OC)c1. The number of methoxy groups -OCH3 is 2. The maximum atomic E-state index is 13.5. The van der Waals surface area contributed by atoms with Crippen molar-refractivity contribution in [2.75, 3.05) is 19.1 Å². The maximum absolute atomic E-state index is 13.5. The Bertz CT molecular complexity index is 1160. The topological polar surface area (TPSA) is 93.1 Å². The Morgan fingerprint density at radius 1 is 1.03 bits per heavy atom. The van der Waals surface area contributed by atoms with Crippen molar-refractivity contribution in [1.82, 2.24) is 0 Å². The molecule has 0 saturated heterocycles. The Kier molecular flexibility index (Phi) is 5.74. The highest BCUT2D eigenvalue weighted by molar-refractivity contribution is 6.08. The van der Waals surface area contributed by atoms with Gasteiger partial charge in [-0.3, -0.25) is 14.5 Å². The van der Waals surface area contributed by atoms with Crippen molar-refractivity contribution in [1.29, 1.82) is 0 Å². The van der Waals surface area contributed by atoms with E-state index in [4.69, 9.17) is 9.47 Å². The van der Waals surface area contributed by atoms with E-state index in [1.807, 2.05) is 19.9 Å². The van der Waals surface area contributed by atoms with Crippen molar-refractivity contribution in [3.63, 3.8) is 0 Å². The van der Waals surface area contributed by atoms with Gasteiger partial charge in [0, 0.05) is 47.3 Å². The van der Waals surface area contributed by atoms with Crippen molar-refractivity contribution in [3.8, 4) is 11.5 Å². The van der Waals surface area contributed by atoms with Crippen LogP contribution in [-0.4, -0.2) is 37.0 Å². The molecule has 2 aliphatic rings. The first-order valence-corrected chi connectivity index (χ1v) is 10.8. The van der Waals surface area contributed by atoms with E-state index in [1.165, 1.54) is 12.1 Å². The van der Waals surface area contributed by atoms with Crippen molar-refractivity contribution < 1.29 is 29.0 Å². The van der Waals surface area contributed by atoms with Crippen LogP contribution in [0.1, 0.15) is 54.9 Å². The lowest BCUT2D eigenvalue weighted by Crippen LogP contribution is -2.43. The van der Waals surface area contributed by atoms with E-state index in [-0.39, 0.29) is 29.1 Å². The number of rotatable bonds is 5. The molecule has 1 amide bonds. The molecule has 0 aromatic heterocycles. The van der Waals surface area contributed by atoms with E-state index >= 15 is 0 Å². The van der Waals surface area contributed by atoms with Gasteiger partial charge >= 0.3 is 5.97 Å². The molecule has 0 saturated carbocycles. The minimum Gasteiger partial charge on any atom is -0.497 e. The molecule has 1 N–H and O–H groups in total. The number of carbonyl (C=O) groups is 3. The zero-order chi connectivity index (χ0) is 23.9. The van der Waals surface area contributed by atoms with Gasteiger partial charge in [0.2, 0.25) is 5.91 Å². The minimum atomic E-state index is -1.04. The number of hydrogen-bond acceptors (Lipinski definition) is 5. The van der Waals surface area contributed by atoms with Crippen LogP contribution in [0.3, 0.4) is 0 Å². The average molecular weight is 450 g/mol. The second-order valence-corrected chi connectivity index (χ2v) is 9.25. The highest BCUT2D eigenvalue weighted by Crippen LogP contribution is 2.49. The Labute approximate surface area is 192 Å². The summed E-state index contributed by atoms with van der Waals surface area (Å²) in [6, 6.07) is 11.6. The van der Waals surface area contributed by atoms with Crippen LogP contribution in [0.2, 0.25) is 0 Å². The van der Waals surface area contributed by atoms with E-state index in [2.05, 4.69) is 0 Å². The first kappa shape index (κ1) is 22.6. The zero-order valence-corrected chi connectivity index (χ0v) is 19.2. The Morgan fingerprint density at radius 3 is 2.33 bits per heavy atom. The molecule has 4 rings (SSSR count). The fraction of sp³-hybridized carbons (Fsp3) is 0.346. The predicted molar refractivity (Wildman–Crippen MR) is 123 cm³/mol. The van der Waals surface area contributed by atoms with Crippen LogP contribution < -0.4 is 14.4 Å². The molecule has 1 atom stereocenters. The van der Waals surface area contributed by atoms with Gasteiger partial charge in [-0.2, -0.15) is 0 Å². The van der Waals surface area contributed by atoms with E-state index in [9.17, 15) is 19.5 Å². The van der Waals surface area contributed by atoms with Crippen LogP contribution in [-0.2, 0) is 9.59 Å². The number of ether oxygens (including phenoxy) is 2. The molecule has 1 aliphatic heterocycles. The molecule has 0 spiro atoms. The lowest BCUT2D eigenvalue weighted by Gasteiger charge is -2.43. The number of amides is 1. The summed E-state index contributed by atoms with van der Waals surface area (Å²) in [5, 5.41) is 9.22. The van der Waals surface area contributed by atoms with Gasteiger partial charge < -0.3 is 14.6 Å². The third-order valence-corrected chi connectivity index (χ3v) is 6.33. The predicted octanol–water partition coefficient (Wildman–Crippen LogP) is 4.57. The number of aromatic carboxylic acids is 1. The summed E-state index contributed by atoms with van der Waals surface area (Å²) in [6.07, 6.45) is 1.05. The number of benzene rings is 2. The van der Waals surface area contributed by atoms with Crippen LogP contribution in [0.25, 0.3) is 0 Å². The van der Waals surface area contributed by atoms with E-state index < -0.39 is 11.9 Å². The Hall–Kier alpha value is -3.61. The molecule has 2 aromatic rings. The van der Waals surface area contributed by atoms with E-state index in [0.717, 1.165) is 5.56 Å². The van der Waals surface area contributed by atoms with Crippen molar-refractivity contribution in [2.24, 2.45) is 5.41 Å². The van der Waals surface area contributed by atoms with Crippen molar-refractivity contribution in [2.45, 2.75) is 39.0 Å². The maximum Gasteiger partial charge on any atom is 0.335 e. The summed E-state index contributed by atoms with van der Waals surface area (Å²) >= 11 is 0. The monoisotopic (exact) mass is 449 g/mol. The van der Waals surface area contributed by atoms with Gasteiger partial charge in [-0.25, -0.2) is 4.79 Å². The lowest BCUT2D eigenvalue weighted by molar-refractivity contribution is -0.121. The Balaban J connectivity index is 1.88. The number of allylic oxidation sites excluding steroid dienone is 2. The van der Waals surface area contributed by atoms with Gasteiger partial charge in [0.25, 0.3) is 0 Å². The number of carbonyl (C=O) groups excluding carboxylic acids is 2. The molecular weight excluding hydrogens is 422 g/mol.